The summed E-state index contributed by atoms with van der Waals surface area (Å²) >= 11 is 0. The van der Waals surface area contributed by atoms with Gasteiger partial charge in [-0.15, -0.1) is 0 Å². The number of carbonyl (C=O) groups excluding carboxylic acids is 1. The lowest BCUT2D eigenvalue weighted by molar-refractivity contribution is -0.150. The van der Waals surface area contributed by atoms with E-state index in [9.17, 15) is 15.0 Å². The molecule has 2 bridgehead atoms. The van der Waals surface area contributed by atoms with Gasteiger partial charge in [-0.05, 0) is 44.0 Å². The molecule has 1 aromatic rings. The third kappa shape index (κ3) is 2.25. The van der Waals surface area contributed by atoms with Crippen molar-refractivity contribution in [2.75, 3.05) is 14.2 Å². The number of carbonyl (C=O) groups is 1. The number of benzene rings is 1. The molecule has 0 spiro atoms. The molecule has 2 N–H and O–H groups in total. The van der Waals surface area contributed by atoms with Gasteiger partial charge < -0.3 is 14.9 Å². The molecule has 0 amide bonds. The molecule has 0 aliphatic carbocycles. The zero-order valence-electron chi connectivity index (χ0n) is 12.3. The maximum atomic E-state index is 12.3. The van der Waals surface area contributed by atoms with Gasteiger partial charge in [0, 0.05) is 18.0 Å². The first-order valence-corrected chi connectivity index (χ1v) is 7.34. The Morgan fingerprint density at radius 1 is 1.29 bits per heavy atom. The van der Waals surface area contributed by atoms with Crippen molar-refractivity contribution < 1.29 is 19.7 Å². The molecule has 0 saturated carbocycles. The number of rotatable bonds is 2. The van der Waals surface area contributed by atoms with E-state index in [1.165, 1.54) is 13.2 Å². The minimum atomic E-state index is -0.220. The average Bonchev–Trinajstić information content (AvgIpc) is 2.72. The minimum absolute atomic E-state index is 0.0256. The topological polar surface area (TPSA) is 70.0 Å². The first-order chi connectivity index (χ1) is 10.0. The van der Waals surface area contributed by atoms with Crippen molar-refractivity contribution in [2.24, 2.45) is 5.92 Å². The second kappa shape index (κ2) is 5.22. The molecule has 2 fully saturated rings. The van der Waals surface area contributed by atoms with E-state index in [2.05, 4.69) is 11.9 Å². The second-order valence-corrected chi connectivity index (χ2v) is 6.10. The van der Waals surface area contributed by atoms with Gasteiger partial charge in [0.2, 0.25) is 0 Å². The summed E-state index contributed by atoms with van der Waals surface area (Å²) in [6, 6.07) is 5.51. The van der Waals surface area contributed by atoms with Gasteiger partial charge in [0.15, 0.2) is 11.5 Å². The van der Waals surface area contributed by atoms with Crippen LogP contribution in [0.1, 0.15) is 30.7 Å². The summed E-state index contributed by atoms with van der Waals surface area (Å²) < 4.78 is 5.02. The van der Waals surface area contributed by atoms with Crippen LogP contribution < -0.4 is 0 Å². The molecule has 3 rings (SSSR count). The Morgan fingerprint density at radius 3 is 2.71 bits per heavy atom. The van der Waals surface area contributed by atoms with Crippen LogP contribution in [0.3, 0.4) is 0 Å². The SMILES string of the molecule is COC(=O)[C@H]1[C@@H](c2ccc(O)c(O)c2)C[C@@H]2CC[C@H]1N2C. The third-order valence-corrected chi connectivity index (χ3v) is 5.17. The molecule has 114 valence electrons. The number of esters is 1. The molecule has 4 atom stereocenters. The highest BCUT2D eigenvalue weighted by atomic mass is 16.5. The van der Waals surface area contributed by atoms with Crippen LogP contribution >= 0.6 is 0 Å². The van der Waals surface area contributed by atoms with Crippen LogP contribution in [0.2, 0.25) is 0 Å². The van der Waals surface area contributed by atoms with Crippen LogP contribution in [0.25, 0.3) is 0 Å². The number of ether oxygens (including phenoxy) is 1. The lowest BCUT2D eigenvalue weighted by atomic mass is 9.76. The van der Waals surface area contributed by atoms with E-state index in [-0.39, 0.29) is 35.3 Å². The Bertz CT molecular complexity index is 559. The van der Waals surface area contributed by atoms with Crippen molar-refractivity contribution in [3.63, 3.8) is 0 Å². The van der Waals surface area contributed by atoms with Crippen molar-refractivity contribution in [1.29, 1.82) is 0 Å². The van der Waals surface area contributed by atoms with Gasteiger partial charge in [0.25, 0.3) is 0 Å². The summed E-state index contributed by atoms with van der Waals surface area (Å²) in [5.74, 6) is -0.656. The van der Waals surface area contributed by atoms with Crippen LogP contribution in [-0.4, -0.2) is 47.3 Å². The van der Waals surface area contributed by atoms with Crippen LogP contribution in [0.15, 0.2) is 18.2 Å². The number of phenolic OH excluding ortho intramolecular Hbond substituents is 2. The molecule has 0 aromatic heterocycles. The molecule has 2 aliphatic heterocycles. The van der Waals surface area contributed by atoms with Gasteiger partial charge in [-0.2, -0.15) is 0 Å². The Kier molecular flexibility index (Phi) is 3.53. The summed E-state index contributed by atoms with van der Waals surface area (Å²) in [7, 11) is 3.50. The molecule has 5 heteroatoms. The summed E-state index contributed by atoms with van der Waals surface area (Å²) in [6.07, 6.45) is 2.97. The number of phenols is 2. The molecular formula is C16H21NO4. The van der Waals surface area contributed by atoms with Crippen molar-refractivity contribution in [2.45, 2.75) is 37.3 Å². The largest absolute Gasteiger partial charge is 0.504 e. The predicted octanol–water partition coefficient (Wildman–Crippen LogP) is 1.84. The Morgan fingerprint density at radius 2 is 2.05 bits per heavy atom. The molecule has 2 saturated heterocycles. The van der Waals surface area contributed by atoms with Crippen LogP contribution in [0.4, 0.5) is 0 Å². The Labute approximate surface area is 124 Å². The third-order valence-electron chi connectivity index (χ3n) is 5.17. The summed E-state index contributed by atoms with van der Waals surface area (Å²) in [5.41, 5.74) is 0.894. The molecule has 0 unspecified atom stereocenters. The molecule has 2 aliphatic rings. The first-order valence-electron chi connectivity index (χ1n) is 7.34. The zero-order chi connectivity index (χ0) is 15.1. The smallest absolute Gasteiger partial charge is 0.310 e. The Hall–Kier alpha value is -1.75. The van der Waals surface area contributed by atoms with E-state index >= 15 is 0 Å². The highest BCUT2D eigenvalue weighted by Crippen LogP contribution is 2.47. The van der Waals surface area contributed by atoms with E-state index in [4.69, 9.17) is 4.74 Å². The van der Waals surface area contributed by atoms with Crippen LogP contribution in [-0.2, 0) is 9.53 Å². The maximum absolute atomic E-state index is 12.3. The van der Waals surface area contributed by atoms with Gasteiger partial charge in [-0.1, -0.05) is 6.07 Å². The highest BCUT2D eigenvalue weighted by Gasteiger charge is 2.49. The number of aromatic hydroxyl groups is 2. The predicted molar refractivity (Wildman–Crippen MR) is 77.2 cm³/mol. The monoisotopic (exact) mass is 291 g/mol. The van der Waals surface area contributed by atoms with Gasteiger partial charge in [0.05, 0.1) is 13.0 Å². The lowest BCUT2D eigenvalue weighted by Gasteiger charge is -2.41. The van der Waals surface area contributed by atoms with Gasteiger partial charge in [-0.25, -0.2) is 0 Å². The van der Waals surface area contributed by atoms with E-state index in [1.807, 2.05) is 0 Å². The van der Waals surface area contributed by atoms with E-state index in [0.29, 0.717) is 6.04 Å². The summed E-state index contributed by atoms with van der Waals surface area (Å²) in [4.78, 5) is 14.6. The summed E-state index contributed by atoms with van der Waals surface area (Å²) in [5, 5.41) is 19.2. The standard InChI is InChI=1S/C16H21NO4/c1-17-10-4-5-12(17)15(16(20)21-2)11(8-10)9-3-6-13(18)14(19)7-9/h3,6-7,10-12,15,18-19H,4-5,8H2,1-2H3/t10-,11+,12+,15-/m0/s1. The van der Waals surface area contributed by atoms with E-state index in [0.717, 1.165) is 24.8 Å². The average molecular weight is 291 g/mol. The maximum Gasteiger partial charge on any atom is 0.310 e. The molecular weight excluding hydrogens is 270 g/mol. The van der Waals surface area contributed by atoms with Gasteiger partial charge in [0.1, 0.15) is 0 Å². The molecule has 2 heterocycles. The van der Waals surface area contributed by atoms with E-state index < -0.39 is 0 Å². The molecule has 21 heavy (non-hydrogen) atoms. The fraction of sp³-hybridized carbons (Fsp3) is 0.562. The van der Waals surface area contributed by atoms with Crippen LogP contribution in [0.5, 0.6) is 11.5 Å². The van der Waals surface area contributed by atoms with Crippen molar-refractivity contribution >= 4 is 5.97 Å². The first kappa shape index (κ1) is 14.2. The van der Waals surface area contributed by atoms with Gasteiger partial charge >= 0.3 is 5.97 Å². The lowest BCUT2D eigenvalue weighted by Crippen LogP contribution is -2.49. The van der Waals surface area contributed by atoms with Gasteiger partial charge in [-0.3, -0.25) is 9.69 Å². The number of piperidine rings is 1. The van der Waals surface area contributed by atoms with Crippen LogP contribution in [0, 0.1) is 5.92 Å². The zero-order valence-corrected chi connectivity index (χ0v) is 12.3. The van der Waals surface area contributed by atoms with Crippen molar-refractivity contribution in [1.82, 2.24) is 4.90 Å². The Balaban J connectivity index is 1.98. The fourth-order valence-corrected chi connectivity index (χ4v) is 4.04. The van der Waals surface area contributed by atoms with Crippen molar-refractivity contribution in [3.05, 3.63) is 23.8 Å². The number of hydrogen-bond donors (Lipinski definition) is 2. The molecule has 1 aromatic carbocycles. The number of fused-ring (bicyclic) bond motifs is 2. The normalized spacial score (nSPS) is 32.1. The highest BCUT2D eigenvalue weighted by molar-refractivity contribution is 5.75. The quantitative estimate of drug-likeness (QED) is 0.642. The second-order valence-electron chi connectivity index (χ2n) is 6.10. The molecule has 5 nitrogen and oxygen atoms in total. The fourth-order valence-electron chi connectivity index (χ4n) is 4.04. The number of nitrogens with zero attached hydrogens (tertiary/aromatic N) is 1. The number of methoxy groups -OCH3 is 1. The van der Waals surface area contributed by atoms with Crippen molar-refractivity contribution in [3.8, 4) is 11.5 Å². The minimum Gasteiger partial charge on any atom is -0.504 e. The number of hydrogen-bond acceptors (Lipinski definition) is 5. The summed E-state index contributed by atoms with van der Waals surface area (Å²) in [6.45, 7) is 0. The van der Waals surface area contributed by atoms with E-state index in [1.54, 1.807) is 12.1 Å². The molecule has 0 radical (unpaired) electrons.